The maximum atomic E-state index is 13.3. The first-order chi connectivity index (χ1) is 9.05. The van der Waals surface area contributed by atoms with Gasteiger partial charge in [-0.05, 0) is 18.2 Å². The Hall–Kier alpha value is -1.66. The lowest BCUT2D eigenvalue weighted by Crippen LogP contribution is -2.30. The van der Waals surface area contributed by atoms with Crippen molar-refractivity contribution in [3.63, 3.8) is 0 Å². The highest BCUT2D eigenvalue weighted by Gasteiger charge is 2.35. The van der Waals surface area contributed by atoms with Crippen LogP contribution >= 0.6 is 0 Å². The Morgan fingerprint density at radius 3 is 2.32 bits per heavy atom. The molecule has 1 amide bonds. The Morgan fingerprint density at radius 2 is 1.84 bits per heavy atom. The molecule has 19 heavy (non-hydrogen) atoms. The van der Waals surface area contributed by atoms with Crippen LogP contribution in [0.3, 0.4) is 0 Å². The minimum atomic E-state index is -0.519. The first kappa shape index (κ1) is 13.8. The molecule has 1 fully saturated rings. The van der Waals surface area contributed by atoms with Gasteiger partial charge in [-0.1, -0.05) is 0 Å². The van der Waals surface area contributed by atoms with Crippen molar-refractivity contribution < 1.29 is 18.7 Å². The van der Waals surface area contributed by atoms with Gasteiger partial charge in [-0.25, -0.2) is 4.39 Å². The van der Waals surface area contributed by atoms with Gasteiger partial charge in [0.15, 0.2) is 0 Å². The van der Waals surface area contributed by atoms with Crippen LogP contribution < -0.4 is 5.73 Å². The third-order valence-corrected chi connectivity index (χ3v) is 3.28. The average Bonchev–Trinajstić information content (AvgIpc) is 2.79. The summed E-state index contributed by atoms with van der Waals surface area (Å²) >= 11 is 0. The molecule has 0 aliphatic carbocycles. The van der Waals surface area contributed by atoms with E-state index in [2.05, 4.69) is 0 Å². The Bertz CT molecular complexity index is 449. The third-order valence-electron chi connectivity index (χ3n) is 3.28. The number of ether oxygens (including phenoxy) is 2. The largest absolute Gasteiger partial charge is 0.399 e. The van der Waals surface area contributed by atoms with Crippen molar-refractivity contribution >= 4 is 11.6 Å². The number of hydrogen-bond acceptors (Lipinski definition) is 4. The Morgan fingerprint density at radius 1 is 1.26 bits per heavy atom. The summed E-state index contributed by atoms with van der Waals surface area (Å²) in [5, 5.41) is 0. The van der Waals surface area contributed by atoms with E-state index in [1.54, 1.807) is 19.1 Å². The molecule has 1 aliphatic heterocycles. The summed E-state index contributed by atoms with van der Waals surface area (Å²) in [5.41, 5.74) is 6.01. The molecule has 6 heteroatoms. The van der Waals surface area contributed by atoms with Gasteiger partial charge in [0.2, 0.25) is 0 Å². The monoisotopic (exact) mass is 268 g/mol. The minimum Gasteiger partial charge on any atom is -0.399 e. The second-order valence-corrected chi connectivity index (χ2v) is 4.53. The van der Waals surface area contributed by atoms with Crippen molar-refractivity contribution in [1.82, 2.24) is 4.90 Å². The molecule has 104 valence electrons. The highest BCUT2D eigenvalue weighted by atomic mass is 19.1. The molecule has 5 nitrogen and oxygen atoms in total. The van der Waals surface area contributed by atoms with Crippen molar-refractivity contribution in [2.45, 2.75) is 12.2 Å². The number of amides is 1. The molecule has 1 aromatic rings. The molecule has 0 saturated carbocycles. The number of carbonyl (C=O) groups is 1. The number of rotatable bonds is 3. The number of benzene rings is 1. The van der Waals surface area contributed by atoms with Gasteiger partial charge < -0.3 is 20.1 Å². The van der Waals surface area contributed by atoms with E-state index in [4.69, 9.17) is 15.2 Å². The Labute approximate surface area is 111 Å². The summed E-state index contributed by atoms with van der Waals surface area (Å²) in [6, 6.07) is 3.82. The van der Waals surface area contributed by atoms with Gasteiger partial charge in [0.1, 0.15) is 18.0 Å². The highest BCUT2D eigenvalue weighted by Crippen LogP contribution is 2.20. The second kappa shape index (κ2) is 5.54. The number of halogens is 1. The summed E-state index contributed by atoms with van der Waals surface area (Å²) < 4.78 is 23.8. The average molecular weight is 268 g/mol. The summed E-state index contributed by atoms with van der Waals surface area (Å²) in [4.78, 5) is 13.8. The normalized spacial score (nSPS) is 22.8. The zero-order chi connectivity index (χ0) is 14.0. The van der Waals surface area contributed by atoms with E-state index in [1.165, 1.54) is 18.2 Å². The second-order valence-electron chi connectivity index (χ2n) is 4.53. The van der Waals surface area contributed by atoms with Crippen LogP contribution in [0.4, 0.5) is 10.1 Å². The van der Waals surface area contributed by atoms with E-state index >= 15 is 0 Å². The molecule has 1 aromatic carbocycles. The van der Waals surface area contributed by atoms with Crippen LogP contribution in [0.2, 0.25) is 0 Å². The first-order valence-corrected chi connectivity index (χ1v) is 5.96. The number of anilines is 1. The van der Waals surface area contributed by atoms with Crippen molar-refractivity contribution in [2.75, 3.05) is 33.0 Å². The SMILES string of the molecule is COC1CN(C(=O)c2cc(N)cc(F)c2)CC1OC. The summed E-state index contributed by atoms with van der Waals surface area (Å²) in [6.07, 6.45) is -0.334. The molecule has 2 atom stereocenters. The fraction of sp³-hybridized carbons (Fsp3) is 0.462. The summed E-state index contributed by atoms with van der Waals surface area (Å²) in [6.45, 7) is 0.842. The fourth-order valence-electron chi connectivity index (χ4n) is 2.28. The van der Waals surface area contributed by atoms with Crippen LogP contribution in [-0.4, -0.2) is 50.3 Å². The number of hydrogen-bond donors (Lipinski definition) is 1. The number of methoxy groups -OCH3 is 2. The molecule has 2 unspecified atom stereocenters. The lowest BCUT2D eigenvalue weighted by Gasteiger charge is -2.16. The molecule has 0 aromatic heterocycles. The quantitative estimate of drug-likeness (QED) is 0.827. The van der Waals surface area contributed by atoms with Crippen LogP contribution in [-0.2, 0) is 9.47 Å². The van der Waals surface area contributed by atoms with Crippen molar-refractivity contribution in [1.29, 1.82) is 0 Å². The van der Waals surface area contributed by atoms with Gasteiger partial charge >= 0.3 is 0 Å². The van der Waals surface area contributed by atoms with Gasteiger partial charge in [0.05, 0.1) is 0 Å². The van der Waals surface area contributed by atoms with Gasteiger partial charge in [0.25, 0.3) is 5.91 Å². The van der Waals surface area contributed by atoms with Gasteiger partial charge in [-0.2, -0.15) is 0 Å². The predicted octanol–water partition coefficient (Wildman–Crippen LogP) is 0.894. The molecular formula is C13H17FN2O3. The number of nitrogens with zero attached hydrogens (tertiary/aromatic N) is 1. The highest BCUT2D eigenvalue weighted by molar-refractivity contribution is 5.95. The summed E-state index contributed by atoms with van der Waals surface area (Å²) in [7, 11) is 3.15. The van der Waals surface area contributed by atoms with E-state index in [-0.39, 0.29) is 29.4 Å². The van der Waals surface area contributed by atoms with Crippen LogP contribution in [0.5, 0.6) is 0 Å². The number of likely N-dealkylation sites (tertiary alicyclic amines) is 1. The van der Waals surface area contributed by atoms with Crippen LogP contribution in [0, 0.1) is 5.82 Å². The van der Waals surface area contributed by atoms with Crippen LogP contribution in [0.15, 0.2) is 18.2 Å². The predicted molar refractivity (Wildman–Crippen MR) is 68.3 cm³/mol. The molecule has 0 spiro atoms. The molecule has 0 bridgehead atoms. The smallest absolute Gasteiger partial charge is 0.254 e. The zero-order valence-corrected chi connectivity index (χ0v) is 10.9. The number of nitrogens with two attached hydrogens (primary N) is 1. The van der Waals surface area contributed by atoms with Crippen LogP contribution in [0.25, 0.3) is 0 Å². The van der Waals surface area contributed by atoms with Crippen molar-refractivity contribution in [3.05, 3.63) is 29.6 Å². The Balaban J connectivity index is 2.16. The molecule has 1 saturated heterocycles. The summed E-state index contributed by atoms with van der Waals surface area (Å²) in [5.74, 6) is -0.790. The third kappa shape index (κ3) is 2.85. The zero-order valence-electron chi connectivity index (χ0n) is 10.9. The molecule has 1 aliphatic rings. The number of carbonyl (C=O) groups excluding carboxylic acids is 1. The van der Waals surface area contributed by atoms with E-state index in [1.807, 2.05) is 0 Å². The van der Waals surface area contributed by atoms with Crippen molar-refractivity contribution in [2.24, 2.45) is 0 Å². The van der Waals surface area contributed by atoms with E-state index < -0.39 is 5.82 Å². The topological polar surface area (TPSA) is 64.8 Å². The maximum Gasteiger partial charge on any atom is 0.254 e. The van der Waals surface area contributed by atoms with E-state index in [9.17, 15) is 9.18 Å². The fourth-order valence-corrected chi connectivity index (χ4v) is 2.28. The van der Waals surface area contributed by atoms with Gasteiger partial charge in [-0.3, -0.25) is 4.79 Å². The lowest BCUT2D eigenvalue weighted by molar-refractivity contribution is -0.00461. The lowest BCUT2D eigenvalue weighted by atomic mass is 10.1. The molecular weight excluding hydrogens is 251 g/mol. The Kier molecular flexibility index (Phi) is 4.01. The molecule has 2 rings (SSSR count). The molecule has 2 N–H and O–H groups in total. The van der Waals surface area contributed by atoms with Gasteiger partial charge in [-0.15, -0.1) is 0 Å². The molecule has 0 radical (unpaired) electrons. The number of nitrogen functional groups attached to an aromatic ring is 1. The van der Waals surface area contributed by atoms with Gasteiger partial charge in [0, 0.05) is 38.6 Å². The maximum absolute atomic E-state index is 13.3. The van der Waals surface area contributed by atoms with Crippen molar-refractivity contribution in [3.8, 4) is 0 Å². The minimum absolute atomic E-state index is 0.167. The van der Waals surface area contributed by atoms with Crippen LogP contribution in [0.1, 0.15) is 10.4 Å². The molecule has 1 heterocycles. The van der Waals surface area contributed by atoms with E-state index in [0.29, 0.717) is 13.1 Å². The first-order valence-electron chi connectivity index (χ1n) is 5.96. The van der Waals surface area contributed by atoms with E-state index in [0.717, 1.165) is 0 Å². The standard InChI is InChI=1S/C13H17FN2O3/c1-18-11-6-16(7-12(11)19-2)13(17)8-3-9(14)5-10(15)4-8/h3-5,11-12H,6-7,15H2,1-2H3.